The fourth-order valence-corrected chi connectivity index (χ4v) is 4.85. The van der Waals surface area contributed by atoms with Crippen LogP contribution in [0, 0.1) is 5.82 Å². The maximum Gasteiger partial charge on any atom is 0.160 e. The van der Waals surface area contributed by atoms with E-state index >= 15 is 0 Å². The number of hydrogen-bond acceptors (Lipinski definition) is 4. The Morgan fingerprint density at radius 3 is 2.41 bits per heavy atom. The zero-order chi connectivity index (χ0) is 19.2. The quantitative estimate of drug-likeness (QED) is 0.819. The summed E-state index contributed by atoms with van der Waals surface area (Å²) >= 11 is 6.33. The number of phenols is 1. The first kappa shape index (κ1) is 18.5. The van der Waals surface area contributed by atoms with Crippen LogP contribution in [0.2, 0.25) is 5.02 Å². The van der Waals surface area contributed by atoms with E-state index in [2.05, 4.69) is 4.90 Å². The van der Waals surface area contributed by atoms with Crippen LogP contribution >= 0.6 is 11.6 Å². The zero-order valence-electron chi connectivity index (χ0n) is 15.2. The second-order valence-corrected chi connectivity index (χ2v) is 8.03. The molecule has 0 amide bonds. The summed E-state index contributed by atoms with van der Waals surface area (Å²) in [6.45, 7) is 0.643. The van der Waals surface area contributed by atoms with E-state index < -0.39 is 5.60 Å². The van der Waals surface area contributed by atoms with E-state index in [4.69, 9.17) is 16.3 Å². The van der Waals surface area contributed by atoms with E-state index in [1.165, 1.54) is 25.3 Å². The number of benzene rings is 2. The van der Waals surface area contributed by atoms with E-state index in [9.17, 15) is 14.6 Å². The van der Waals surface area contributed by atoms with Gasteiger partial charge in [-0.2, -0.15) is 0 Å². The van der Waals surface area contributed by atoms with E-state index in [1.807, 2.05) is 0 Å². The van der Waals surface area contributed by atoms with Crippen LogP contribution in [0.5, 0.6) is 11.5 Å². The number of phenolic OH excluding ortho intramolecular Hbond substituents is 1. The van der Waals surface area contributed by atoms with Crippen molar-refractivity contribution < 1.29 is 19.3 Å². The predicted octanol–water partition coefficient (Wildman–Crippen LogP) is 4.21. The first-order valence-corrected chi connectivity index (χ1v) is 9.57. The Labute approximate surface area is 163 Å². The average molecular weight is 392 g/mol. The van der Waals surface area contributed by atoms with Crippen LogP contribution in [0.3, 0.4) is 0 Å². The highest BCUT2D eigenvalue weighted by molar-refractivity contribution is 6.31. The Morgan fingerprint density at radius 1 is 1.19 bits per heavy atom. The maximum atomic E-state index is 13.2. The molecule has 2 aromatic rings. The molecule has 4 nitrogen and oxygen atoms in total. The molecule has 2 aliphatic rings. The lowest BCUT2D eigenvalue weighted by atomic mass is 9.80. The summed E-state index contributed by atoms with van der Waals surface area (Å²) in [5.74, 6) is 0.138. The van der Waals surface area contributed by atoms with Gasteiger partial charge in [-0.3, -0.25) is 4.90 Å². The normalized spacial score (nSPS) is 27.7. The Kier molecular flexibility index (Phi) is 4.78. The van der Waals surface area contributed by atoms with Crippen molar-refractivity contribution in [1.82, 2.24) is 4.90 Å². The minimum Gasteiger partial charge on any atom is -0.504 e. The molecule has 2 heterocycles. The number of nitrogens with zero attached hydrogens (tertiary/aromatic N) is 1. The number of aliphatic hydroxyl groups is 1. The summed E-state index contributed by atoms with van der Waals surface area (Å²) in [5, 5.41) is 21.6. The van der Waals surface area contributed by atoms with Crippen molar-refractivity contribution in [2.45, 2.75) is 49.9 Å². The molecule has 4 rings (SSSR count). The number of fused-ring (bicyclic) bond motifs is 2. The number of piperidine rings is 1. The molecule has 0 aliphatic carbocycles. The van der Waals surface area contributed by atoms with Crippen molar-refractivity contribution in [2.75, 3.05) is 7.11 Å². The number of rotatable bonds is 4. The Hall–Kier alpha value is -1.82. The van der Waals surface area contributed by atoms with Crippen molar-refractivity contribution in [3.8, 4) is 11.5 Å². The van der Waals surface area contributed by atoms with Crippen LogP contribution in [0.15, 0.2) is 36.4 Å². The number of aromatic hydroxyl groups is 1. The third-order valence-corrected chi connectivity index (χ3v) is 6.35. The molecule has 27 heavy (non-hydrogen) atoms. The largest absolute Gasteiger partial charge is 0.504 e. The monoisotopic (exact) mass is 391 g/mol. The fraction of sp³-hybridized carbons (Fsp3) is 0.429. The number of hydrogen-bond donors (Lipinski definition) is 2. The molecule has 2 N–H and O–H groups in total. The van der Waals surface area contributed by atoms with Crippen LogP contribution in [0.25, 0.3) is 0 Å². The van der Waals surface area contributed by atoms with E-state index in [0.717, 1.165) is 24.0 Å². The molecule has 2 aromatic carbocycles. The Bertz CT molecular complexity index is 828. The lowest BCUT2D eigenvalue weighted by Gasteiger charge is -2.44. The van der Waals surface area contributed by atoms with Gasteiger partial charge in [-0.1, -0.05) is 23.7 Å². The van der Waals surface area contributed by atoms with Crippen LogP contribution < -0.4 is 4.74 Å². The van der Waals surface area contributed by atoms with Gasteiger partial charge in [0.05, 0.1) is 12.7 Å². The van der Waals surface area contributed by atoms with Crippen molar-refractivity contribution in [2.24, 2.45) is 0 Å². The molecule has 0 radical (unpaired) electrons. The summed E-state index contributed by atoms with van der Waals surface area (Å²) in [6, 6.07) is 9.94. The van der Waals surface area contributed by atoms with Gasteiger partial charge in [-0.15, -0.1) is 0 Å². The zero-order valence-corrected chi connectivity index (χ0v) is 15.9. The summed E-state index contributed by atoms with van der Waals surface area (Å²) in [6.07, 6.45) is 3.26. The third kappa shape index (κ3) is 3.40. The number of halogens is 2. The highest BCUT2D eigenvalue weighted by Crippen LogP contribution is 2.47. The van der Waals surface area contributed by atoms with E-state index in [-0.39, 0.29) is 23.7 Å². The minimum atomic E-state index is -0.924. The fourth-order valence-electron chi connectivity index (χ4n) is 4.64. The van der Waals surface area contributed by atoms with Gasteiger partial charge in [0.1, 0.15) is 5.82 Å². The average Bonchev–Trinajstić information content (AvgIpc) is 2.88. The van der Waals surface area contributed by atoms with Gasteiger partial charge in [-0.25, -0.2) is 4.39 Å². The third-order valence-electron chi connectivity index (χ3n) is 6.00. The molecule has 0 saturated carbocycles. The minimum absolute atomic E-state index is 0.0264. The van der Waals surface area contributed by atoms with E-state index in [0.29, 0.717) is 30.2 Å². The molecule has 2 saturated heterocycles. The summed E-state index contributed by atoms with van der Waals surface area (Å²) in [4.78, 5) is 2.38. The lowest BCUT2D eigenvalue weighted by Crippen LogP contribution is -2.49. The van der Waals surface area contributed by atoms with Crippen LogP contribution in [0.1, 0.15) is 36.8 Å². The van der Waals surface area contributed by atoms with Gasteiger partial charge in [0.25, 0.3) is 0 Å². The van der Waals surface area contributed by atoms with Gasteiger partial charge in [-0.05, 0) is 55.0 Å². The molecule has 144 valence electrons. The maximum absolute atomic E-state index is 13.2. The van der Waals surface area contributed by atoms with Gasteiger partial charge in [0, 0.05) is 29.7 Å². The van der Waals surface area contributed by atoms with Crippen LogP contribution in [-0.4, -0.2) is 34.3 Å². The summed E-state index contributed by atoms with van der Waals surface area (Å²) in [7, 11) is 1.51. The van der Waals surface area contributed by atoms with Crippen molar-refractivity contribution in [3.05, 3.63) is 58.4 Å². The predicted molar refractivity (Wildman–Crippen MR) is 102 cm³/mol. The lowest BCUT2D eigenvalue weighted by molar-refractivity contribution is -0.0595. The first-order valence-electron chi connectivity index (χ1n) is 9.19. The molecular weight excluding hydrogens is 369 g/mol. The second-order valence-electron chi connectivity index (χ2n) is 7.62. The Balaban J connectivity index is 1.56. The van der Waals surface area contributed by atoms with Crippen LogP contribution in [0.4, 0.5) is 4.39 Å². The molecule has 0 unspecified atom stereocenters. The number of ether oxygens (including phenoxy) is 1. The Morgan fingerprint density at radius 2 is 1.81 bits per heavy atom. The van der Waals surface area contributed by atoms with Gasteiger partial charge < -0.3 is 14.9 Å². The van der Waals surface area contributed by atoms with Crippen molar-refractivity contribution in [1.29, 1.82) is 0 Å². The molecule has 2 fully saturated rings. The first-order chi connectivity index (χ1) is 12.9. The molecule has 0 spiro atoms. The van der Waals surface area contributed by atoms with Crippen molar-refractivity contribution in [3.63, 3.8) is 0 Å². The molecular formula is C21H23ClFNO3. The molecule has 2 atom stereocenters. The summed E-state index contributed by atoms with van der Waals surface area (Å²) in [5.41, 5.74) is 0.757. The van der Waals surface area contributed by atoms with Gasteiger partial charge in [0.2, 0.25) is 0 Å². The smallest absolute Gasteiger partial charge is 0.160 e. The SMILES string of the molecule is COc1cc(CN2[C@@H]3CC[C@@H]2CC(O)(c2ccc(F)cc2)C3)c(Cl)cc1O. The van der Waals surface area contributed by atoms with Crippen molar-refractivity contribution >= 4 is 11.6 Å². The van der Waals surface area contributed by atoms with Gasteiger partial charge in [0.15, 0.2) is 11.5 Å². The summed E-state index contributed by atoms with van der Waals surface area (Å²) < 4.78 is 18.4. The molecule has 0 aromatic heterocycles. The standard InChI is InChI=1S/C21H23ClFNO3/c1-27-20-8-13(18(22)9-19(20)25)12-24-16-6-7-17(24)11-21(26,10-16)14-2-4-15(23)5-3-14/h2-5,8-9,16-17,25-26H,6-7,10-12H2,1H3/t16-,17-/m1/s1. The highest BCUT2D eigenvalue weighted by atomic mass is 35.5. The van der Waals surface area contributed by atoms with Crippen LogP contribution in [-0.2, 0) is 12.1 Å². The highest BCUT2D eigenvalue weighted by Gasteiger charge is 2.48. The number of methoxy groups -OCH3 is 1. The topological polar surface area (TPSA) is 52.9 Å². The van der Waals surface area contributed by atoms with Gasteiger partial charge >= 0.3 is 0 Å². The van der Waals surface area contributed by atoms with E-state index in [1.54, 1.807) is 18.2 Å². The molecule has 2 bridgehead atoms. The second kappa shape index (κ2) is 6.97. The molecule has 2 aliphatic heterocycles. The molecule has 6 heteroatoms.